The number of nitrogens with zero attached hydrogens (tertiary/aromatic N) is 1. The van der Waals surface area contributed by atoms with Crippen molar-refractivity contribution in [1.82, 2.24) is 10.2 Å². The summed E-state index contributed by atoms with van der Waals surface area (Å²) in [6, 6.07) is -0.455. The predicted molar refractivity (Wildman–Crippen MR) is 76.9 cm³/mol. The van der Waals surface area contributed by atoms with Crippen LogP contribution in [0.3, 0.4) is 0 Å². The summed E-state index contributed by atoms with van der Waals surface area (Å²) in [6.07, 6.45) is 0. The minimum atomic E-state index is -0.455. The van der Waals surface area contributed by atoms with Crippen molar-refractivity contribution in [2.45, 2.75) is 33.7 Å². The molecule has 1 fully saturated rings. The van der Waals surface area contributed by atoms with E-state index in [1.54, 1.807) is 0 Å². The van der Waals surface area contributed by atoms with Gasteiger partial charge in [-0.2, -0.15) is 0 Å². The van der Waals surface area contributed by atoms with Gasteiger partial charge in [0, 0.05) is 26.2 Å². The number of hydrogen-bond donors (Lipinski definition) is 2. The van der Waals surface area contributed by atoms with Gasteiger partial charge in [-0.05, 0) is 11.3 Å². The summed E-state index contributed by atoms with van der Waals surface area (Å²) in [5.74, 6) is 0.371. The molecule has 1 heterocycles. The lowest BCUT2D eigenvalue weighted by Gasteiger charge is -2.30. The maximum absolute atomic E-state index is 11.9. The van der Waals surface area contributed by atoms with Gasteiger partial charge in [-0.1, -0.05) is 27.7 Å². The standard InChI is InChI=1S/C14H29N3O2/c1-11(10-17-5-7-19-8-6-17)9-16-13(18)12(15)14(2,3)4/h11-12H,5-10,15H2,1-4H3,(H,16,18)/t11?,12-/m1/s1. The predicted octanol–water partition coefficient (Wildman–Crippen LogP) is 0.444. The van der Waals surface area contributed by atoms with Crippen LogP contribution in [0, 0.1) is 11.3 Å². The number of ether oxygens (including phenoxy) is 1. The van der Waals surface area contributed by atoms with E-state index in [4.69, 9.17) is 10.5 Å². The van der Waals surface area contributed by atoms with Crippen molar-refractivity contribution >= 4 is 5.91 Å². The third-order valence-electron chi connectivity index (χ3n) is 3.51. The van der Waals surface area contributed by atoms with E-state index in [1.807, 2.05) is 20.8 Å². The number of nitrogens with one attached hydrogen (secondary N) is 1. The van der Waals surface area contributed by atoms with E-state index >= 15 is 0 Å². The number of carbonyl (C=O) groups excluding carboxylic acids is 1. The Morgan fingerprint density at radius 1 is 1.37 bits per heavy atom. The van der Waals surface area contributed by atoms with Crippen molar-refractivity contribution in [2.24, 2.45) is 17.1 Å². The lowest BCUT2D eigenvalue weighted by atomic mass is 9.87. The van der Waals surface area contributed by atoms with E-state index in [2.05, 4.69) is 17.1 Å². The largest absolute Gasteiger partial charge is 0.379 e. The maximum atomic E-state index is 11.9. The zero-order valence-corrected chi connectivity index (χ0v) is 12.7. The van der Waals surface area contributed by atoms with Crippen LogP contribution < -0.4 is 11.1 Å². The lowest BCUT2D eigenvalue weighted by molar-refractivity contribution is -0.124. The lowest BCUT2D eigenvalue weighted by Crippen LogP contribution is -2.50. The summed E-state index contributed by atoms with van der Waals surface area (Å²) < 4.78 is 5.32. The Kier molecular flexibility index (Phi) is 6.23. The maximum Gasteiger partial charge on any atom is 0.237 e. The Balaban J connectivity index is 2.25. The van der Waals surface area contributed by atoms with E-state index < -0.39 is 6.04 Å². The Morgan fingerprint density at radius 3 is 2.47 bits per heavy atom. The number of hydrogen-bond acceptors (Lipinski definition) is 4. The van der Waals surface area contributed by atoms with Crippen molar-refractivity contribution in [3.8, 4) is 0 Å². The first-order chi connectivity index (χ1) is 8.80. The van der Waals surface area contributed by atoms with Crippen LogP contribution in [0.5, 0.6) is 0 Å². The molecule has 0 spiro atoms. The number of carbonyl (C=O) groups is 1. The van der Waals surface area contributed by atoms with Gasteiger partial charge < -0.3 is 15.8 Å². The van der Waals surface area contributed by atoms with Crippen molar-refractivity contribution in [1.29, 1.82) is 0 Å². The molecule has 0 aliphatic carbocycles. The van der Waals surface area contributed by atoms with Gasteiger partial charge in [-0.15, -0.1) is 0 Å². The SMILES string of the molecule is CC(CNC(=O)[C@@H](N)C(C)(C)C)CN1CCOCC1. The van der Waals surface area contributed by atoms with Crippen LogP contribution >= 0.6 is 0 Å². The highest BCUT2D eigenvalue weighted by Crippen LogP contribution is 2.17. The average molecular weight is 271 g/mol. The van der Waals surface area contributed by atoms with Gasteiger partial charge in [0.15, 0.2) is 0 Å². The van der Waals surface area contributed by atoms with E-state index in [-0.39, 0.29) is 11.3 Å². The molecule has 1 aliphatic heterocycles. The van der Waals surface area contributed by atoms with Gasteiger partial charge >= 0.3 is 0 Å². The second-order valence-electron chi connectivity index (χ2n) is 6.61. The molecule has 0 aromatic rings. The first-order valence-electron chi connectivity index (χ1n) is 7.14. The molecule has 1 saturated heterocycles. The molecule has 19 heavy (non-hydrogen) atoms. The van der Waals surface area contributed by atoms with E-state index in [9.17, 15) is 4.79 Å². The second-order valence-corrected chi connectivity index (χ2v) is 6.61. The molecule has 0 radical (unpaired) electrons. The van der Waals surface area contributed by atoms with Crippen LogP contribution in [0.4, 0.5) is 0 Å². The van der Waals surface area contributed by atoms with Crippen LogP contribution in [0.25, 0.3) is 0 Å². The minimum Gasteiger partial charge on any atom is -0.379 e. The van der Waals surface area contributed by atoms with Gasteiger partial charge in [-0.3, -0.25) is 9.69 Å². The van der Waals surface area contributed by atoms with Crippen LogP contribution in [-0.4, -0.2) is 56.2 Å². The molecule has 0 aromatic heterocycles. The smallest absolute Gasteiger partial charge is 0.237 e. The Labute approximate surface area is 116 Å². The molecule has 5 heteroatoms. The van der Waals surface area contributed by atoms with Gasteiger partial charge in [0.25, 0.3) is 0 Å². The summed E-state index contributed by atoms with van der Waals surface area (Å²) in [4.78, 5) is 14.3. The molecule has 1 rings (SSSR count). The summed E-state index contributed by atoms with van der Waals surface area (Å²) in [5, 5.41) is 2.96. The fourth-order valence-electron chi connectivity index (χ4n) is 2.07. The fraction of sp³-hybridized carbons (Fsp3) is 0.929. The number of morpholine rings is 1. The average Bonchev–Trinajstić information content (AvgIpc) is 2.35. The highest BCUT2D eigenvalue weighted by atomic mass is 16.5. The third kappa shape index (κ3) is 5.89. The highest BCUT2D eigenvalue weighted by molar-refractivity contribution is 5.82. The Hall–Kier alpha value is -0.650. The van der Waals surface area contributed by atoms with Crippen LogP contribution in [-0.2, 0) is 9.53 Å². The number of nitrogens with two attached hydrogens (primary N) is 1. The molecule has 1 aliphatic rings. The molecule has 3 N–H and O–H groups in total. The van der Waals surface area contributed by atoms with Crippen molar-refractivity contribution in [3.63, 3.8) is 0 Å². The monoisotopic (exact) mass is 271 g/mol. The Bertz CT molecular complexity index is 283. The topological polar surface area (TPSA) is 67.6 Å². The molecular weight excluding hydrogens is 242 g/mol. The quantitative estimate of drug-likeness (QED) is 0.761. The molecule has 5 nitrogen and oxygen atoms in total. The van der Waals surface area contributed by atoms with E-state index in [0.29, 0.717) is 12.5 Å². The van der Waals surface area contributed by atoms with Gasteiger partial charge in [0.1, 0.15) is 0 Å². The molecular formula is C14H29N3O2. The molecule has 112 valence electrons. The number of rotatable bonds is 5. The summed E-state index contributed by atoms with van der Waals surface area (Å²) in [5.41, 5.74) is 5.73. The molecule has 1 amide bonds. The van der Waals surface area contributed by atoms with Gasteiger partial charge in [-0.25, -0.2) is 0 Å². The summed E-state index contributed by atoms with van der Waals surface area (Å²) in [6.45, 7) is 13.4. The zero-order chi connectivity index (χ0) is 14.5. The summed E-state index contributed by atoms with van der Waals surface area (Å²) in [7, 11) is 0. The minimum absolute atomic E-state index is 0.0543. The first kappa shape index (κ1) is 16.4. The van der Waals surface area contributed by atoms with Crippen LogP contribution in [0.1, 0.15) is 27.7 Å². The van der Waals surface area contributed by atoms with Gasteiger partial charge in [0.2, 0.25) is 5.91 Å². The summed E-state index contributed by atoms with van der Waals surface area (Å²) >= 11 is 0. The van der Waals surface area contributed by atoms with Crippen molar-refractivity contribution < 1.29 is 9.53 Å². The number of amides is 1. The first-order valence-corrected chi connectivity index (χ1v) is 7.14. The molecule has 0 aromatic carbocycles. The van der Waals surface area contributed by atoms with Crippen molar-refractivity contribution in [3.05, 3.63) is 0 Å². The normalized spacial score (nSPS) is 20.9. The third-order valence-corrected chi connectivity index (χ3v) is 3.51. The van der Waals surface area contributed by atoms with Crippen molar-refractivity contribution in [2.75, 3.05) is 39.4 Å². The Morgan fingerprint density at radius 2 is 1.95 bits per heavy atom. The molecule has 0 saturated carbocycles. The van der Waals surface area contributed by atoms with E-state index in [0.717, 1.165) is 32.8 Å². The second kappa shape index (κ2) is 7.22. The fourth-order valence-corrected chi connectivity index (χ4v) is 2.07. The molecule has 2 atom stereocenters. The van der Waals surface area contributed by atoms with Gasteiger partial charge in [0.05, 0.1) is 19.3 Å². The molecule has 1 unspecified atom stereocenters. The van der Waals surface area contributed by atoms with Crippen LogP contribution in [0.15, 0.2) is 0 Å². The molecule has 0 bridgehead atoms. The van der Waals surface area contributed by atoms with E-state index in [1.165, 1.54) is 0 Å². The highest BCUT2D eigenvalue weighted by Gasteiger charge is 2.27. The zero-order valence-electron chi connectivity index (χ0n) is 12.7. The van der Waals surface area contributed by atoms with Crippen LogP contribution in [0.2, 0.25) is 0 Å².